The molecule has 1 fully saturated rings. The molecule has 5 atom stereocenters. The van der Waals surface area contributed by atoms with Crippen LogP contribution in [0.1, 0.15) is 19.4 Å². The Bertz CT molecular complexity index is 663. The van der Waals surface area contributed by atoms with Crippen molar-refractivity contribution < 1.29 is 39.5 Å². The van der Waals surface area contributed by atoms with Crippen LogP contribution in [0.2, 0.25) is 0 Å². The van der Waals surface area contributed by atoms with Crippen molar-refractivity contribution in [2.75, 3.05) is 6.61 Å². The van der Waals surface area contributed by atoms with Crippen molar-refractivity contribution in [3.63, 3.8) is 0 Å². The molecule has 1 aromatic rings. The lowest BCUT2D eigenvalue weighted by atomic mass is 9.99. The second-order valence-corrected chi connectivity index (χ2v) is 6.05. The maximum absolute atomic E-state index is 11.4. The van der Waals surface area contributed by atoms with E-state index in [1.807, 2.05) is 0 Å². The standard InChI is InChI=1S/C18H22O8/c1-9(20)13(10(2)21)7-11-3-5-12(6-4-11)25-18-17(24)16(23)15(22)14(8-19)26-18/h3-7,14-19,22-24H,8H2,1-2H3/t14-,15+,16+,17-,18-/m0/s1. The Balaban J connectivity index is 2.13. The largest absolute Gasteiger partial charge is 0.462 e. The molecule has 0 radical (unpaired) electrons. The van der Waals surface area contributed by atoms with Crippen molar-refractivity contribution in [1.82, 2.24) is 0 Å². The van der Waals surface area contributed by atoms with E-state index < -0.39 is 37.3 Å². The molecule has 142 valence electrons. The average Bonchev–Trinajstić information content (AvgIpc) is 2.60. The monoisotopic (exact) mass is 366 g/mol. The van der Waals surface area contributed by atoms with Crippen LogP contribution in [0.4, 0.5) is 0 Å². The highest BCUT2D eigenvalue weighted by Crippen LogP contribution is 2.24. The molecule has 1 aromatic carbocycles. The molecule has 1 heterocycles. The van der Waals surface area contributed by atoms with Crippen molar-refractivity contribution in [1.29, 1.82) is 0 Å². The van der Waals surface area contributed by atoms with Gasteiger partial charge < -0.3 is 29.9 Å². The highest BCUT2D eigenvalue weighted by Gasteiger charge is 2.44. The number of carbonyl (C=O) groups excluding carboxylic acids is 2. The van der Waals surface area contributed by atoms with Crippen molar-refractivity contribution in [2.24, 2.45) is 0 Å². The van der Waals surface area contributed by atoms with Gasteiger partial charge in [-0.3, -0.25) is 9.59 Å². The molecule has 0 aliphatic carbocycles. The first-order valence-corrected chi connectivity index (χ1v) is 8.05. The van der Waals surface area contributed by atoms with Crippen molar-refractivity contribution in [3.8, 4) is 5.75 Å². The van der Waals surface area contributed by atoms with E-state index in [0.717, 1.165) is 0 Å². The van der Waals surface area contributed by atoms with Gasteiger partial charge in [0.05, 0.1) is 12.2 Å². The minimum absolute atomic E-state index is 0.0765. The maximum Gasteiger partial charge on any atom is 0.229 e. The zero-order chi connectivity index (χ0) is 19.4. The van der Waals surface area contributed by atoms with Crippen molar-refractivity contribution in [2.45, 2.75) is 44.6 Å². The van der Waals surface area contributed by atoms with Gasteiger partial charge in [0.25, 0.3) is 0 Å². The van der Waals surface area contributed by atoms with Gasteiger partial charge in [0.15, 0.2) is 11.6 Å². The highest BCUT2D eigenvalue weighted by molar-refractivity contribution is 6.21. The zero-order valence-electron chi connectivity index (χ0n) is 14.4. The van der Waals surface area contributed by atoms with E-state index in [1.54, 1.807) is 12.1 Å². The Labute approximate surface area is 150 Å². The molecule has 4 N–H and O–H groups in total. The summed E-state index contributed by atoms with van der Waals surface area (Å²) < 4.78 is 10.7. The number of hydrogen-bond acceptors (Lipinski definition) is 8. The molecule has 0 saturated carbocycles. The Morgan fingerprint density at radius 2 is 1.62 bits per heavy atom. The molecule has 2 rings (SSSR count). The minimum Gasteiger partial charge on any atom is -0.462 e. The number of allylic oxidation sites excluding steroid dienone is 1. The van der Waals surface area contributed by atoms with Crippen LogP contribution < -0.4 is 4.74 Å². The lowest BCUT2D eigenvalue weighted by molar-refractivity contribution is -0.277. The zero-order valence-corrected chi connectivity index (χ0v) is 14.4. The number of carbonyl (C=O) groups is 2. The van der Waals surface area contributed by atoms with E-state index >= 15 is 0 Å². The summed E-state index contributed by atoms with van der Waals surface area (Å²) in [6, 6.07) is 6.27. The maximum atomic E-state index is 11.4. The van der Waals surface area contributed by atoms with Gasteiger partial charge in [-0.2, -0.15) is 0 Å². The van der Waals surface area contributed by atoms with E-state index in [4.69, 9.17) is 14.6 Å². The number of ether oxygens (including phenoxy) is 2. The van der Waals surface area contributed by atoms with Crippen LogP contribution >= 0.6 is 0 Å². The van der Waals surface area contributed by atoms with Gasteiger partial charge in [-0.25, -0.2) is 0 Å². The van der Waals surface area contributed by atoms with Crippen molar-refractivity contribution in [3.05, 3.63) is 35.4 Å². The van der Waals surface area contributed by atoms with E-state index in [1.165, 1.54) is 32.1 Å². The molecule has 0 spiro atoms. The van der Waals surface area contributed by atoms with Gasteiger partial charge in [-0.15, -0.1) is 0 Å². The van der Waals surface area contributed by atoms with E-state index in [2.05, 4.69) is 0 Å². The second kappa shape index (κ2) is 8.52. The first-order chi connectivity index (χ1) is 12.2. The average molecular weight is 366 g/mol. The number of rotatable bonds is 6. The molecule has 0 bridgehead atoms. The molecular formula is C18H22O8. The lowest BCUT2D eigenvalue weighted by Gasteiger charge is -2.39. The number of benzene rings is 1. The van der Waals surface area contributed by atoms with Crippen LogP contribution in [0.15, 0.2) is 29.8 Å². The normalized spacial score (nSPS) is 28.3. The smallest absolute Gasteiger partial charge is 0.229 e. The minimum atomic E-state index is -1.53. The lowest BCUT2D eigenvalue weighted by Crippen LogP contribution is -2.60. The van der Waals surface area contributed by atoms with Crippen molar-refractivity contribution >= 4 is 17.6 Å². The van der Waals surface area contributed by atoms with Gasteiger partial charge in [0.1, 0.15) is 30.2 Å². The Hall–Kier alpha value is -2.10. The fourth-order valence-corrected chi connectivity index (χ4v) is 2.56. The number of Topliss-reactive ketones (excluding diaryl/α,β-unsaturated/α-hetero) is 2. The fourth-order valence-electron chi connectivity index (χ4n) is 2.56. The van der Waals surface area contributed by atoms with Gasteiger partial charge in [-0.1, -0.05) is 12.1 Å². The van der Waals surface area contributed by atoms with E-state index in [-0.39, 0.29) is 17.1 Å². The summed E-state index contributed by atoms with van der Waals surface area (Å²) in [7, 11) is 0. The van der Waals surface area contributed by atoms with Crippen LogP contribution in [-0.4, -0.2) is 69.3 Å². The summed E-state index contributed by atoms with van der Waals surface area (Å²) in [5.41, 5.74) is 0.680. The molecule has 26 heavy (non-hydrogen) atoms. The number of aliphatic hydroxyl groups is 4. The third-order valence-electron chi connectivity index (χ3n) is 4.05. The topological polar surface area (TPSA) is 134 Å². The molecule has 8 heteroatoms. The van der Waals surface area contributed by atoms with E-state index in [9.17, 15) is 24.9 Å². The van der Waals surface area contributed by atoms with Crippen LogP contribution in [0.5, 0.6) is 5.75 Å². The SMILES string of the molecule is CC(=O)C(=Cc1ccc(O[C@H]2O[C@@H](CO)[C@@H](O)[C@@H](O)[C@@H]2O)cc1)C(C)=O. The number of ketones is 2. The molecule has 0 unspecified atom stereocenters. The van der Waals surface area contributed by atoms with Gasteiger partial charge in [0.2, 0.25) is 6.29 Å². The summed E-state index contributed by atoms with van der Waals surface area (Å²) in [6.07, 6.45) is -5.37. The first-order valence-electron chi connectivity index (χ1n) is 8.05. The predicted molar refractivity (Wildman–Crippen MR) is 90.2 cm³/mol. The summed E-state index contributed by atoms with van der Waals surface area (Å²) in [5, 5.41) is 38.6. The van der Waals surface area contributed by atoms with Crippen LogP contribution in [0.3, 0.4) is 0 Å². The third kappa shape index (κ3) is 4.54. The molecule has 0 amide bonds. The molecule has 1 aliphatic rings. The number of aliphatic hydroxyl groups excluding tert-OH is 4. The van der Waals surface area contributed by atoms with Crippen LogP contribution in [-0.2, 0) is 14.3 Å². The molecule has 8 nitrogen and oxygen atoms in total. The molecule has 0 aromatic heterocycles. The second-order valence-electron chi connectivity index (χ2n) is 6.05. The van der Waals surface area contributed by atoms with Gasteiger partial charge in [-0.05, 0) is 37.6 Å². The Morgan fingerprint density at radius 1 is 1.04 bits per heavy atom. The Morgan fingerprint density at radius 3 is 2.12 bits per heavy atom. The molecule has 1 aliphatic heterocycles. The third-order valence-corrected chi connectivity index (χ3v) is 4.05. The van der Waals surface area contributed by atoms with Gasteiger partial charge in [0, 0.05) is 0 Å². The first kappa shape index (κ1) is 20.2. The van der Waals surface area contributed by atoms with Gasteiger partial charge >= 0.3 is 0 Å². The van der Waals surface area contributed by atoms with Crippen LogP contribution in [0.25, 0.3) is 6.08 Å². The molecular weight excluding hydrogens is 344 g/mol. The van der Waals surface area contributed by atoms with E-state index in [0.29, 0.717) is 11.3 Å². The number of hydrogen-bond donors (Lipinski definition) is 4. The summed E-state index contributed by atoms with van der Waals surface area (Å²) in [5.74, 6) is -0.378. The summed E-state index contributed by atoms with van der Waals surface area (Å²) >= 11 is 0. The summed E-state index contributed by atoms with van der Waals surface area (Å²) in [6.45, 7) is 2.07. The summed E-state index contributed by atoms with van der Waals surface area (Å²) in [4.78, 5) is 22.9. The Kier molecular flexibility index (Phi) is 6.63. The molecule has 1 saturated heterocycles. The predicted octanol–water partition coefficient (Wildman–Crippen LogP) is -0.573. The van der Waals surface area contributed by atoms with Crippen LogP contribution in [0, 0.1) is 0 Å². The highest BCUT2D eigenvalue weighted by atomic mass is 16.7. The quantitative estimate of drug-likeness (QED) is 0.299. The fraction of sp³-hybridized carbons (Fsp3) is 0.444.